The molecule has 1 aromatic heterocycles. The van der Waals surface area contributed by atoms with Crippen molar-refractivity contribution in [3.63, 3.8) is 0 Å². The largest absolute Gasteiger partial charge is 0.431 e. The molecule has 1 atom stereocenters. The van der Waals surface area contributed by atoms with Gasteiger partial charge in [-0.15, -0.1) is 12.4 Å². The SMILES string of the molecule is Cc1ccc2c(c1)c(=O)cc(C(F)(F)F)n2CC1CCCN1.Cl. The molecule has 3 rings (SSSR count). The molecular weight excluding hydrogens is 329 g/mol. The van der Waals surface area contributed by atoms with Crippen molar-refractivity contribution in [3.8, 4) is 0 Å². The van der Waals surface area contributed by atoms with Crippen molar-refractivity contribution in [3.05, 3.63) is 45.7 Å². The number of benzene rings is 1. The third-order valence-corrected chi connectivity index (χ3v) is 4.12. The predicted octanol–water partition coefficient (Wildman–Crippen LogP) is 3.50. The maximum absolute atomic E-state index is 13.3. The standard InChI is InChI=1S/C16H17F3N2O.ClH/c1-10-4-5-13-12(7-10)14(22)8-15(16(17,18)19)21(13)9-11-3-2-6-20-11;/h4-5,7-8,11,20H,2-3,6,9H2,1H3;1H. The zero-order chi connectivity index (χ0) is 15.9. The highest BCUT2D eigenvalue weighted by molar-refractivity contribution is 5.85. The Labute approximate surface area is 137 Å². The molecule has 0 amide bonds. The van der Waals surface area contributed by atoms with Crippen LogP contribution in [0.1, 0.15) is 24.1 Å². The van der Waals surface area contributed by atoms with Gasteiger partial charge in [0.2, 0.25) is 0 Å². The van der Waals surface area contributed by atoms with Crippen LogP contribution in [-0.4, -0.2) is 17.2 Å². The van der Waals surface area contributed by atoms with Gasteiger partial charge in [-0.1, -0.05) is 11.6 Å². The van der Waals surface area contributed by atoms with Crippen molar-refractivity contribution < 1.29 is 13.2 Å². The number of hydrogen-bond donors (Lipinski definition) is 1. The van der Waals surface area contributed by atoms with Gasteiger partial charge in [0, 0.05) is 24.0 Å². The Morgan fingerprint density at radius 1 is 1.30 bits per heavy atom. The molecule has 126 valence electrons. The Bertz CT molecular complexity index is 764. The van der Waals surface area contributed by atoms with E-state index in [2.05, 4.69) is 5.32 Å². The molecule has 1 aliphatic heterocycles. The molecule has 1 saturated heterocycles. The number of fused-ring (bicyclic) bond motifs is 1. The third kappa shape index (κ3) is 3.53. The maximum Gasteiger partial charge on any atom is 0.431 e. The first kappa shape index (κ1) is 17.8. The van der Waals surface area contributed by atoms with Crippen LogP contribution < -0.4 is 10.7 Å². The van der Waals surface area contributed by atoms with E-state index in [1.165, 1.54) is 4.57 Å². The van der Waals surface area contributed by atoms with Crippen molar-refractivity contribution in [2.75, 3.05) is 6.54 Å². The van der Waals surface area contributed by atoms with Crippen molar-refractivity contribution in [2.24, 2.45) is 0 Å². The fraction of sp³-hybridized carbons (Fsp3) is 0.438. The summed E-state index contributed by atoms with van der Waals surface area (Å²) in [5.41, 5.74) is -0.252. The minimum Gasteiger partial charge on any atom is -0.335 e. The number of nitrogens with zero attached hydrogens (tertiary/aromatic N) is 1. The lowest BCUT2D eigenvalue weighted by Crippen LogP contribution is -2.31. The van der Waals surface area contributed by atoms with E-state index in [4.69, 9.17) is 0 Å². The van der Waals surface area contributed by atoms with E-state index < -0.39 is 17.3 Å². The molecule has 0 radical (unpaired) electrons. The zero-order valence-electron chi connectivity index (χ0n) is 12.6. The first-order valence-electron chi connectivity index (χ1n) is 7.31. The summed E-state index contributed by atoms with van der Waals surface area (Å²) in [5.74, 6) is 0. The lowest BCUT2D eigenvalue weighted by atomic mass is 10.1. The van der Waals surface area contributed by atoms with E-state index in [1.807, 2.05) is 6.92 Å². The number of aromatic nitrogens is 1. The Kier molecular flexibility index (Phi) is 5.06. The van der Waals surface area contributed by atoms with Crippen LogP contribution in [0.25, 0.3) is 10.9 Å². The third-order valence-electron chi connectivity index (χ3n) is 4.12. The quantitative estimate of drug-likeness (QED) is 0.903. The van der Waals surface area contributed by atoms with E-state index in [9.17, 15) is 18.0 Å². The van der Waals surface area contributed by atoms with E-state index in [0.29, 0.717) is 10.9 Å². The molecule has 0 bridgehead atoms. The van der Waals surface area contributed by atoms with Gasteiger partial charge < -0.3 is 9.88 Å². The van der Waals surface area contributed by atoms with Crippen LogP contribution in [0.15, 0.2) is 29.1 Å². The second kappa shape index (κ2) is 6.53. The number of pyridine rings is 1. The van der Waals surface area contributed by atoms with Gasteiger partial charge in [-0.25, -0.2) is 0 Å². The molecule has 1 unspecified atom stereocenters. The van der Waals surface area contributed by atoms with E-state index in [-0.39, 0.29) is 25.0 Å². The number of hydrogen-bond acceptors (Lipinski definition) is 2. The first-order chi connectivity index (χ1) is 10.4. The number of rotatable bonds is 2. The molecule has 0 saturated carbocycles. The number of halogens is 4. The molecule has 1 aliphatic rings. The minimum atomic E-state index is -4.54. The lowest BCUT2D eigenvalue weighted by Gasteiger charge is -2.21. The topological polar surface area (TPSA) is 34.0 Å². The second-order valence-corrected chi connectivity index (χ2v) is 5.82. The lowest BCUT2D eigenvalue weighted by molar-refractivity contribution is -0.143. The Morgan fingerprint density at radius 2 is 2.04 bits per heavy atom. The summed E-state index contributed by atoms with van der Waals surface area (Å²) in [5, 5.41) is 3.55. The van der Waals surface area contributed by atoms with Gasteiger partial charge in [-0.05, 0) is 38.4 Å². The van der Waals surface area contributed by atoms with Crippen molar-refractivity contribution in [1.82, 2.24) is 9.88 Å². The first-order valence-corrected chi connectivity index (χ1v) is 7.31. The minimum absolute atomic E-state index is 0. The maximum atomic E-state index is 13.3. The molecule has 2 heterocycles. The summed E-state index contributed by atoms with van der Waals surface area (Å²) >= 11 is 0. The molecule has 0 aliphatic carbocycles. The summed E-state index contributed by atoms with van der Waals surface area (Å²) in [6.45, 7) is 2.86. The summed E-state index contributed by atoms with van der Waals surface area (Å²) in [7, 11) is 0. The molecule has 0 spiro atoms. The van der Waals surface area contributed by atoms with Gasteiger partial charge in [-0.2, -0.15) is 13.2 Å². The van der Waals surface area contributed by atoms with Crippen molar-refractivity contribution in [2.45, 2.75) is 38.5 Å². The van der Waals surface area contributed by atoms with Gasteiger partial charge in [0.1, 0.15) is 5.69 Å². The molecule has 1 fully saturated rings. The average Bonchev–Trinajstić information content (AvgIpc) is 2.93. The summed E-state index contributed by atoms with van der Waals surface area (Å²) < 4.78 is 41.2. The molecule has 1 N–H and O–H groups in total. The second-order valence-electron chi connectivity index (χ2n) is 5.82. The highest BCUT2D eigenvalue weighted by Crippen LogP contribution is 2.31. The van der Waals surface area contributed by atoms with Crippen LogP contribution in [-0.2, 0) is 12.7 Å². The number of nitrogens with one attached hydrogen (secondary N) is 1. The van der Waals surface area contributed by atoms with Crippen LogP contribution in [0.4, 0.5) is 13.2 Å². The zero-order valence-corrected chi connectivity index (χ0v) is 13.4. The fourth-order valence-electron chi connectivity index (χ4n) is 3.06. The molecule has 7 heteroatoms. The molecule has 2 aromatic rings. The van der Waals surface area contributed by atoms with Crippen LogP contribution in [0.3, 0.4) is 0 Å². The average molecular weight is 347 g/mol. The van der Waals surface area contributed by atoms with Crippen LogP contribution >= 0.6 is 12.4 Å². The molecule has 1 aromatic carbocycles. The fourth-order valence-corrected chi connectivity index (χ4v) is 3.06. The van der Waals surface area contributed by atoms with Gasteiger partial charge in [-0.3, -0.25) is 4.79 Å². The smallest absolute Gasteiger partial charge is 0.335 e. The highest BCUT2D eigenvalue weighted by Gasteiger charge is 2.35. The van der Waals surface area contributed by atoms with E-state index in [0.717, 1.165) is 31.0 Å². The molecular formula is C16H18ClF3N2O. The van der Waals surface area contributed by atoms with Gasteiger partial charge in [0.15, 0.2) is 5.43 Å². The molecule has 3 nitrogen and oxygen atoms in total. The van der Waals surface area contributed by atoms with Crippen molar-refractivity contribution >= 4 is 23.3 Å². The van der Waals surface area contributed by atoms with Gasteiger partial charge in [0.25, 0.3) is 0 Å². The van der Waals surface area contributed by atoms with E-state index in [1.54, 1.807) is 18.2 Å². The number of alkyl halides is 3. The van der Waals surface area contributed by atoms with E-state index >= 15 is 0 Å². The summed E-state index contributed by atoms with van der Waals surface area (Å²) in [6, 6.07) is 5.72. The Balaban J connectivity index is 0.00000192. The molecule has 23 heavy (non-hydrogen) atoms. The van der Waals surface area contributed by atoms with Gasteiger partial charge >= 0.3 is 6.18 Å². The predicted molar refractivity (Wildman–Crippen MR) is 86.2 cm³/mol. The Morgan fingerprint density at radius 3 is 2.65 bits per heavy atom. The van der Waals surface area contributed by atoms with Crippen LogP contribution in [0, 0.1) is 6.92 Å². The van der Waals surface area contributed by atoms with Crippen molar-refractivity contribution in [1.29, 1.82) is 0 Å². The van der Waals surface area contributed by atoms with Crippen LogP contribution in [0.5, 0.6) is 0 Å². The van der Waals surface area contributed by atoms with Crippen LogP contribution in [0.2, 0.25) is 0 Å². The van der Waals surface area contributed by atoms with Gasteiger partial charge in [0.05, 0.1) is 5.52 Å². The normalized spacial score (nSPS) is 18.2. The monoisotopic (exact) mass is 346 g/mol. The Hall–Kier alpha value is -1.53. The summed E-state index contributed by atoms with van der Waals surface area (Å²) in [6.07, 6.45) is -2.74. The highest BCUT2D eigenvalue weighted by atomic mass is 35.5. The summed E-state index contributed by atoms with van der Waals surface area (Å²) in [4.78, 5) is 12.1. The number of aryl methyl sites for hydroxylation is 1.